The average Bonchev–Trinajstić information content (AvgIpc) is 2.41. The van der Waals surface area contributed by atoms with Crippen molar-refractivity contribution >= 4 is 0 Å². The molecule has 1 rings (SSSR count). The van der Waals surface area contributed by atoms with Crippen molar-refractivity contribution in [3.8, 4) is 0 Å². The topological polar surface area (TPSA) is 34.2 Å². The molecule has 114 valence electrons. The molecule has 20 heavy (non-hydrogen) atoms. The van der Waals surface area contributed by atoms with Crippen LogP contribution in [0.4, 0.5) is 0 Å². The summed E-state index contributed by atoms with van der Waals surface area (Å²) < 4.78 is 6.05. The van der Waals surface area contributed by atoms with Crippen LogP contribution in [0.15, 0.2) is 24.4 Å². The highest BCUT2D eigenvalue weighted by molar-refractivity contribution is 5.07. The van der Waals surface area contributed by atoms with Crippen LogP contribution in [0.25, 0.3) is 0 Å². The Morgan fingerprint density at radius 1 is 1.25 bits per heavy atom. The molecule has 0 radical (unpaired) electrons. The fraction of sp³-hybridized carbons (Fsp3) is 0.706. The minimum atomic E-state index is 0.107. The molecule has 2 atom stereocenters. The van der Waals surface area contributed by atoms with Crippen molar-refractivity contribution in [3.05, 3.63) is 30.1 Å². The highest BCUT2D eigenvalue weighted by Crippen LogP contribution is 2.26. The Kier molecular flexibility index (Phi) is 7.17. The van der Waals surface area contributed by atoms with Crippen LogP contribution >= 0.6 is 0 Å². The van der Waals surface area contributed by atoms with E-state index in [0.717, 1.165) is 31.7 Å². The minimum Gasteiger partial charge on any atom is -0.376 e. The molecule has 2 unspecified atom stereocenters. The van der Waals surface area contributed by atoms with Gasteiger partial charge in [0.1, 0.15) is 0 Å². The normalized spacial score (nSPS) is 15.1. The van der Waals surface area contributed by atoms with Crippen LogP contribution < -0.4 is 5.32 Å². The van der Waals surface area contributed by atoms with Crippen molar-refractivity contribution in [1.29, 1.82) is 0 Å². The summed E-state index contributed by atoms with van der Waals surface area (Å²) in [4.78, 5) is 4.46. The van der Waals surface area contributed by atoms with Crippen LogP contribution in [0.3, 0.4) is 0 Å². The van der Waals surface area contributed by atoms with E-state index in [0.29, 0.717) is 6.04 Å². The molecular formula is C17H30N2O. The molecule has 0 aliphatic carbocycles. The Morgan fingerprint density at radius 3 is 2.50 bits per heavy atom. The van der Waals surface area contributed by atoms with Gasteiger partial charge in [-0.2, -0.15) is 0 Å². The lowest BCUT2D eigenvalue weighted by Crippen LogP contribution is -2.49. The summed E-state index contributed by atoms with van der Waals surface area (Å²) in [6, 6.07) is 6.39. The standard InChI is InChI=1S/C17H30N2O/c1-6-11-19-15(13-14-10-8-9-12-18-14)16(20-7-2)17(3,4)5/h8-10,12,15-16,19H,6-7,11,13H2,1-5H3. The van der Waals surface area contributed by atoms with Crippen LogP contribution in [-0.4, -0.2) is 30.3 Å². The predicted octanol–water partition coefficient (Wildman–Crippen LogP) is 3.44. The van der Waals surface area contributed by atoms with Crippen molar-refractivity contribution in [2.45, 2.75) is 59.6 Å². The highest BCUT2D eigenvalue weighted by Gasteiger charge is 2.32. The Morgan fingerprint density at radius 2 is 2.00 bits per heavy atom. The Hall–Kier alpha value is -0.930. The maximum atomic E-state index is 6.05. The number of nitrogens with one attached hydrogen (secondary N) is 1. The smallest absolute Gasteiger partial charge is 0.0779 e. The summed E-state index contributed by atoms with van der Waals surface area (Å²) >= 11 is 0. The van der Waals surface area contributed by atoms with Gasteiger partial charge < -0.3 is 10.1 Å². The number of hydrogen-bond acceptors (Lipinski definition) is 3. The molecule has 0 aliphatic rings. The van der Waals surface area contributed by atoms with Crippen LogP contribution in [0.1, 0.15) is 46.7 Å². The molecule has 1 aromatic rings. The van der Waals surface area contributed by atoms with Gasteiger partial charge in [0.15, 0.2) is 0 Å². The van der Waals surface area contributed by atoms with Gasteiger partial charge in [-0.25, -0.2) is 0 Å². The third-order valence-corrected chi connectivity index (χ3v) is 3.38. The van der Waals surface area contributed by atoms with Gasteiger partial charge in [0.05, 0.1) is 6.10 Å². The first-order chi connectivity index (χ1) is 9.49. The fourth-order valence-corrected chi connectivity index (χ4v) is 2.51. The van der Waals surface area contributed by atoms with Gasteiger partial charge in [-0.15, -0.1) is 0 Å². The zero-order valence-corrected chi connectivity index (χ0v) is 13.6. The molecule has 1 heterocycles. The molecule has 0 aliphatic heterocycles. The Labute approximate surface area is 124 Å². The lowest BCUT2D eigenvalue weighted by Gasteiger charge is -2.37. The second kappa shape index (κ2) is 8.38. The lowest BCUT2D eigenvalue weighted by molar-refractivity contribution is -0.0356. The number of aromatic nitrogens is 1. The third kappa shape index (κ3) is 5.59. The molecule has 0 saturated carbocycles. The van der Waals surface area contributed by atoms with Gasteiger partial charge in [-0.3, -0.25) is 4.98 Å². The first-order valence-electron chi connectivity index (χ1n) is 7.74. The molecule has 0 saturated heterocycles. The summed E-state index contributed by atoms with van der Waals surface area (Å²) in [5.74, 6) is 0. The van der Waals surface area contributed by atoms with E-state index in [1.54, 1.807) is 0 Å². The van der Waals surface area contributed by atoms with E-state index in [9.17, 15) is 0 Å². The summed E-state index contributed by atoms with van der Waals surface area (Å²) in [6.45, 7) is 12.7. The molecular weight excluding hydrogens is 248 g/mol. The van der Waals surface area contributed by atoms with Crippen molar-refractivity contribution in [2.24, 2.45) is 5.41 Å². The van der Waals surface area contributed by atoms with Crippen molar-refractivity contribution < 1.29 is 4.74 Å². The lowest BCUT2D eigenvalue weighted by atomic mass is 9.82. The van der Waals surface area contributed by atoms with Gasteiger partial charge >= 0.3 is 0 Å². The summed E-state index contributed by atoms with van der Waals surface area (Å²) in [5, 5.41) is 3.64. The monoisotopic (exact) mass is 278 g/mol. The Balaban J connectivity index is 2.85. The Bertz CT molecular complexity index is 359. The quantitative estimate of drug-likeness (QED) is 0.791. The van der Waals surface area contributed by atoms with Crippen LogP contribution in [-0.2, 0) is 11.2 Å². The van der Waals surface area contributed by atoms with E-state index < -0.39 is 0 Å². The van der Waals surface area contributed by atoms with Crippen LogP contribution in [0.2, 0.25) is 0 Å². The number of rotatable bonds is 8. The number of nitrogens with zero attached hydrogens (tertiary/aromatic N) is 1. The summed E-state index contributed by atoms with van der Waals surface area (Å²) in [7, 11) is 0. The largest absolute Gasteiger partial charge is 0.376 e. The maximum absolute atomic E-state index is 6.05. The molecule has 1 N–H and O–H groups in total. The van der Waals surface area contributed by atoms with Crippen molar-refractivity contribution in [2.75, 3.05) is 13.2 Å². The number of pyridine rings is 1. The number of ether oxygens (including phenoxy) is 1. The first kappa shape index (κ1) is 17.1. The average molecular weight is 278 g/mol. The van der Waals surface area contributed by atoms with Gasteiger partial charge in [0, 0.05) is 31.0 Å². The van der Waals surface area contributed by atoms with E-state index in [4.69, 9.17) is 4.74 Å². The summed E-state index contributed by atoms with van der Waals surface area (Å²) in [6.07, 6.45) is 4.07. The molecule has 0 fully saturated rings. The molecule has 3 nitrogen and oxygen atoms in total. The van der Waals surface area contributed by atoms with Crippen molar-refractivity contribution in [3.63, 3.8) is 0 Å². The zero-order valence-electron chi connectivity index (χ0n) is 13.6. The van der Waals surface area contributed by atoms with Crippen LogP contribution in [0, 0.1) is 5.41 Å². The highest BCUT2D eigenvalue weighted by atomic mass is 16.5. The first-order valence-corrected chi connectivity index (χ1v) is 7.74. The summed E-state index contributed by atoms with van der Waals surface area (Å²) in [5.41, 5.74) is 1.23. The number of hydrogen-bond donors (Lipinski definition) is 1. The second-order valence-electron chi connectivity index (χ2n) is 6.33. The van der Waals surface area contributed by atoms with Gasteiger partial charge in [0.2, 0.25) is 0 Å². The molecule has 0 aromatic carbocycles. The van der Waals surface area contributed by atoms with E-state index in [1.165, 1.54) is 0 Å². The fourth-order valence-electron chi connectivity index (χ4n) is 2.51. The van der Waals surface area contributed by atoms with E-state index in [-0.39, 0.29) is 11.5 Å². The molecule has 3 heteroatoms. The molecule has 0 bridgehead atoms. The van der Waals surface area contributed by atoms with Gasteiger partial charge in [-0.1, -0.05) is 33.8 Å². The minimum absolute atomic E-state index is 0.107. The molecule has 0 amide bonds. The van der Waals surface area contributed by atoms with Crippen LogP contribution in [0.5, 0.6) is 0 Å². The van der Waals surface area contributed by atoms with Crippen molar-refractivity contribution in [1.82, 2.24) is 10.3 Å². The molecule has 1 aromatic heterocycles. The maximum Gasteiger partial charge on any atom is 0.0779 e. The van der Waals surface area contributed by atoms with Gasteiger partial charge in [0.25, 0.3) is 0 Å². The van der Waals surface area contributed by atoms with E-state index in [2.05, 4.69) is 51.0 Å². The van der Waals surface area contributed by atoms with Gasteiger partial charge in [-0.05, 0) is 37.4 Å². The molecule has 0 spiro atoms. The second-order valence-corrected chi connectivity index (χ2v) is 6.33. The zero-order chi connectivity index (χ0) is 15.0. The van der Waals surface area contributed by atoms with E-state index >= 15 is 0 Å². The van der Waals surface area contributed by atoms with E-state index in [1.807, 2.05) is 18.3 Å². The SMILES string of the molecule is CCCNC(Cc1ccccn1)C(OCC)C(C)(C)C. The third-order valence-electron chi connectivity index (χ3n) is 3.38. The predicted molar refractivity (Wildman–Crippen MR) is 84.9 cm³/mol.